The zero-order valence-electron chi connectivity index (χ0n) is 23.9. The largest absolute Gasteiger partial charge is 0.496 e. The van der Waals surface area contributed by atoms with Crippen LogP contribution < -0.4 is 25.8 Å². The fourth-order valence-electron chi connectivity index (χ4n) is 4.87. The molecule has 0 fully saturated rings. The van der Waals surface area contributed by atoms with Gasteiger partial charge >= 0.3 is 5.97 Å². The Hall–Kier alpha value is -4.54. The highest BCUT2D eigenvalue weighted by Crippen LogP contribution is 2.38. The zero-order chi connectivity index (χ0) is 30.1. The number of aliphatic carboxylic acids is 1. The molecule has 2 aromatic carbocycles. The molecule has 1 aromatic heterocycles. The number of hydrogen-bond acceptors (Lipinski definition) is 6. The van der Waals surface area contributed by atoms with Crippen LogP contribution in [0, 0.1) is 6.92 Å². The predicted molar refractivity (Wildman–Crippen MR) is 154 cm³/mol. The fourth-order valence-corrected chi connectivity index (χ4v) is 4.87. The number of benzene rings is 2. The van der Waals surface area contributed by atoms with Crippen molar-refractivity contribution in [2.45, 2.75) is 64.6 Å². The van der Waals surface area contributed by atoms with Crippen molar-refractivity contribution in [2.24, 2.45) is 5.73 Å². The molecule has 3 rings (SSSR count). The number of para-hydroxylation sites is 1. The molecule has 11 heteroatoms. The van der Waals surface area contributed by atoms with E-state index in [0.717, 1.165) is 18.4 Å². The third-order valence-corrected chi connectivity index (χ3v) is 6.84. The average Bonchev–Trinajstić information content (AvgIpc) is 3.30. The van der Waals surface area contributed by atoms with E-state index < -0.39 is 42.3 Å². The van der Waals surface area contributed by atoms with Gasteiger partial charge in [-0.2, -0.15) is 0 Å². The van der Waals surface area contributed by atoms with Crippen LogP contribution in [0.3, 0.4) is 0 Å². The summed E-state index contributed by atoms with van der Waals surface area (Å²) < 4.78 is 12.6. The highest BCUT2D eigenvalue weighted by molar-refractivity contribution is 6.01. The summed E-state index contributed by atoms with van der Waals surface area (Å²) in [5, 5.41) is 15.9. The number of nitrogens with zero attached hydrogens (tertiary/aromatic N) is 1. The molecule has 0 radical (unpaired) electrons. The van der Waals surface area contributed by atoms with Gasteiger partial charge in [0.1, 0.15) is 29.8 Å². The van der Waals surface area contributed by atoms with Gasteiger partial charge in [0, 0.05) is 17.3 Å². The number of amides is 3. The Labute approximate surface area is 239 Å². The van der Waals surface area contributed by atoms with Gasteiger partial charge in [-0.25, -0.2) is 0 Å². The van der Waals surface area contributed by atoms with Crippen LogP contribution in [0.15, 0.2) is 42.5 Å². The van der Waals surface area contributed by atoms with Crippen molar-refractivity contribution >= 4 is 34.6 Å². The van der Waals surface area contributed by atoms with Crippen LogP contribution in [0.2, 0.25) is 0 Å². The lowest BCUT2D eigenvalue weighted by atomic mass is 9.96. The van der Waals surface area contributed by atoms with Gasteiger partial charge in [0.25, 0.3) is 5.91 Å². The van der Waals surface area contributed by atoms with E-state index in [1.165, 1.54) is 4.57 Å². The second-order valence-corrected chi connectivity index (χ2v) is 9.89. The highest BCUT2D eigenvalue weighted by atomic mass is 16.5. The molecule has 0 saturated carbocycles. The first-order valence-corrected chi connectivity index (χ1v) is 13.5. The second kappa shape index (κ2) is 14.2. The van der Waals surface area contributed by atoms with Crippen LogP contribution in [0.25, 0.3) is 10.9 Å². The SMILES string of the molecule is CCCCC(NC(=O)C(CCC(N)=O)NC(=O)c1cc2ccccc2n1CC(=O)O)c1c(OC)cc(C)cc1OC. The number of methoxy groups -OCH3 is 2. The van der Waals surface area contributed by atoms with E-state index in [9.17, 15) is 24.3 Å². The normalized spacial score (nSPS) is 12.4. The lowest BCUT2D eigenvalue weighted by Gasteiger charge is -2.26. The van der Waals surface area contributed by atoms with Crippen LogP contribution >= 0.6 is 0 Å². The first kappa shape index (κ1) is 31.0. The van der Waals surface area contributed by atoms with Crippen molar-refractivity contribution in [2.75, 3.05) is 14.2 Å². The molecule has 2 unspecified atom stereocenters. The molecule has 3 amide bonds. The summed E-state index contributed by atoms with van der Waals surface area (Å²) in [6, 6.07) is 10.7. The van der Waals surface area contributed by atoms with E-state index in [1.54, 1.807) is 44.6 Å². The predicted octanol–water partition coefficient (Wildman–Crippen LogP) is 3.46. The van der Waals surface area contributed by atoms with Gasteiger partial charge in [0.15, 0.2) is 0 Å². The lowest BCUT2D eigenvalue weighted by Crippen LogP contribution is -2.48. The van der Waals surface area contributed by atoms with Crippen LogP contribution in [-0.4, -0.2) is 53.6 Å². The molecule has 220 valence electrons. The maximum Gasteiger partial charge on any atom is 0.323 e. The number of carboxylic acid groups (broad SMARTS) is 1. The number of rotatable bonds is 15. The number of hydrogen-bond donors (Lipinski definition) is 4. The van der Waals surface area contributed by atoms with Crippen LogP contribution in [0.5, 0.6) is 11.5 Å². The first-order chi connectivity index (χ1) is 19.6. The number of fused-ring (bicyclic) bond motifs is 1. The molecule has 0 saturated heterocycles. The lowest BCUT2D eigenvalue weighted by molar-refractivity contribution is -0.137. The van der Waals surface area contributed by atoms with Gasteiger partial charge in [0.2, 0.25) is 11.8 Å². The summed E-state index contributed by atoms with van der Waals surface area (Å²) in [7, 11) is 3.09. The summed E-state index contributed by atoms with van der Waals surface area (Å²) in [6.45, 7) is 3.50. The van der Waals surface area contributed by atoms with E-state index in [1.807, 2.05) is 26.0 Å². The van der Waals surface area contributed by atoms with Crippen molar-refractivity contribution in [1.82, 2.24) is 15.2 Å². The molecule has 11 nitrogen and oxygen atoms in total. The first-order valence-electron chi connectivity index (χ1n) is 13.5. The number of carbonyl (C=O) groups excluding carboxylic acids is 3. The van der Waals surface area contributed by atoms with E-state index in [2.05, 4.69) is 10.6 Å². The van der Waals surface area contributed by atoms with Crippen LogP contribution in [0.4, 0.5) is 0 Å². The molecule has 0 aliphatic heterocycles. The smallest absolute Gasteiger partial charge is 0.323 e. The number of unbranched alkanes of at least 4 members (excludes halogenated alkanes) is 1. The number of aromatic nitrogens is 1. The Morgan fingerprint density at radius 2 is 1.66 bits per heavy atom. The molecule has 0 aliphatic carbocycles. The Balaban J connectivity index is 1.96. The maximum atomic E-state index is 13.7. The molecular weight excluding hydrogens is 528 g/mol. The Bertz CT molecular complexity index is 1390. The van der Waals surface area contributed by atoms with Gasteiger partial charge in [-0.15, -0.1) is 0 Å². The Morgan fingerprint density at radius 1 is 1.00 bits per heavy atom. The van der Waals surface area contributed by atoms with E-state index in [4.69, 9.17) is 15.2 Å². The molecular formula is C30H38N4O7. The van der Waals surface area contributed by atoms with E-state index in [-0.39, 0.29) is 18.5 Å². The molecule has 0 bridgehead atoms. The van der Waals surface area contributed by atoms with Crippen LogP contribution in [0.1, 0.15) is 66.7 Å². The number of carbonyl (C=O) groups is 4. The van der Waals surface area contributed by atoms with Crippen molar-refractivity contribution < 1.29 is 33.8 Å². The molecule has 2 atom stereocenters. The van der Waals surface area contributed by atoms with Crippen molar-refractivity contribution in [3.05, 3.63) is 59.3 Å². The zero-order valence-corrected chi connectivity index (χ0v) is 23.9. The Kier molecular flexibility index (Phi) is 10.7. The van der Waals surface area contributed by atoms with Gasteiger partial charge in [-0.05, 0) is 49.6 Å². The fraction of sp³-hybridized carbons (Fsp3) is 0.400. The summed E-state index contributed by atoms with van der Waals surface area (Å²) in [5.74, 6) is -1.81. The summed E-state index contributed by atoms with van der Waals surface area (Å²) in [5.41, 5.74) is 7.61. The van der Waals surface area contributed by atoms with Crippen molar-refractivity contribution in [3.63, 3.8) is 0 Å². The van der Waals surface area contributed by atoms with E-state index >= 15 is 0 Å². The third kappa shape index (κ3) is 7.77. The standard InChI is InChI=1S/C30H38N4O7/c1-5-6-10-20(28-24(40-3)14-18(2)15-25(28)41-4)32-29(38)21(12-13-26(31)35)33-30(39)23-16-19-9-7-8-11-22(19)34(23)17-27(36)37/h7-9,11,14-16,20-21H,5-6,10,12-13,17H2,1-4H3,(H2,31,35)(H,32,38)(H,33,39)(H,36,37). The minimum absolute atomic E-state index is 0.0469. The molecule has 0 spiro atoms. The third-order valence-electron chi connectivity index (χ3n) is 6.84. The Morgan fingerprint density at radius 3 is 2.24 bits per heavy atom. The summed E-state index contributed by atoms with van der Waals surface area (Å²) in [4.78, 5) is 50.4. The van der Waals surface area contributed by atoms with Crippen molar-refractivity contribution in [3.8, 4) is 11.5 Å². The van der Waals surface area contributed by atoms with Gasteiger partial charge < -0.3 is 35.5 Å². The summed E-state index contributed by atoms with van der Waals surface area (Å²) in [6.07, 6.45) is 2.04. The molecule has 3 aromatic rings. The summed E-state index contributed by atoms with van der Waals surface area (Å²) >= 11 is 0. The molecule has 0 aliphatic rings. The second-order valence-electron chi connectivity index (χ2n) is 9.89. The van der Waals surface area contributed by atoms with Crippen LogP contribution in [-0.2, 0) is 20.9 Å². The monoisotopic (exact) mass is 566 g/mol. The number of aryl methyl sites for hydroxylation is 1. The average molecular weight is 567 g/mol. The molecule has 5 N–H and O–H groups in total. The number of nitrogens with one attached hydrogen (secondary N) is 2. The minimum Gasteiger partial charge on any atom is -0.496 e. The topological polar surface area (TPSA) is 162 Å². The number of nitrogens with two attached hydrogens (primary N) is 1. The highest BCUT2D eigenvalue weighted by Gasteiger charge is 2.29. The quantitative estimate of drug-likeness (QED) is 0.219. The maximum absolute atomic E-state index is 13.7. The van der Waals surface area contributed by atoms with Gasteiger partial charge in [-0.1, -0.05) is 38.0 Å². The number of ether oxygens (including phenoxy) is 2. The molecule has 41 heavy (non-hydrogen) atoms. The van der Waals surface area contributed by atoms with E-state index in [0.29, 0.717) is 34.4 Å². The number of primary amides is 1. The van der Waals surface area contributed by atoms with Gasteiger partial charge in [-0.3, -0.25) is 19.2 Å². The molecule has 1 heterocycles. The van der Waals surface area contributed by atoms with Gasteiger partial charge in [0.05, 0.1) is 25.8 Å². The number of carboxylic acids is 1. The van der Waals surface area contributed by atoms with Crippen molar-refractivity contribution in [1.29, 1.82) is 0 Å². The minimum atomic E-state index is -1.13.